The molecule has 0 atom stereocenters. The third-order valence-electron chi connectivity index (χ3n) is 4.04. The number of halogens is 1. The number of hydrogen-bond donors (Lipinski definition) is 2. The summed E-state index contributed by atoms with van der Waals surface area (Å²) in [5.74, 6) is -0.113. The number of para-hydroxylation sites is 1. The van der Waals surface area contributed by atoms with E-state index in [0.717, 1.165) is 44.1 Å². The highest BCUT2D eigenvalue weighted by atomic mass is 35.5. The molecule has 1 aromatic carbocycles. The van der Waals surface area contributed by atoms with Crippen LogP contribution in [0, 0.1) is 6.92 Å². The van der Waals surface area contributed by atoms with E-state index < -0.39 is 0 Å². The van der Waals surface area contributed by atoms with Crippen LogP contribution in [-0.4, -0.2) is 59.9 Å². The number of nitrogens with one attached hydrogen (secondary N) is 2. The molecule has 1 saturated heterocycles. The second kappa shape index (κ2) is 8.82. The summed E-state index contributed by atoms with van der Waals surface area (Å²) in [4.78, 5) is 14.6. The van der Waals surface area contributed by atoms with Crippen molar-refractivity contribution in [3.8, 4) is 5.69 Å². The fourth-order valence-corrected chi connectivity index (χ4v) is 2.77. The van der Waals surface area contributed by atoms with E-state index in [4.69, 9.17) is 0 Å². The summed E-state index contributed by atoms with van der Waals surface area (Å²) >= 11 is 0. The minimum atomic E-state index is -0.113. The molecule has 0 spiro atoms. The first-order valence-corrected chi connectivity index (χ1v) is 8.07. The van der Waals surface area contributed by atoms with Gasteiger partial charge >= 0.3 is 0 Å². The molecular weight excluding hydrogens is 326 g/mol. The van der Waals surface area contributed by atoms with Crippen LogP contribution in [0.5, 0.6) is 0 Å². The molecule has 1 amide bonds. The number of aromatic nitrogens is 2. The Balaban J connectivity index is 0.00000208. The molecule has 0 aliphatic carbocycles. The Morgan fingerprint density at radius 3 is 2.67 bits per heavy atom. The number of carbonyl (C=O) groups is 1. The smallest absolute Gasteiger partial charge is 0.271 e. The van der Waals surface area contributed by atoms with Crippen molar-refractivity contribution in [1.29, 1.82) is 0 Å². The van der Waals surface area contributed by atoms with Gasteiger partial charge in [-0.05, 0) is 25.1 Å². The summed E-state index contributed by atoms with van der Waals surface area (Å²) in [5, 5.41) is 10.7. The number of aryl methyl sites for hydroxylation is 1. The predicted octanol–water partition coefficient (Wildman–Crippen LogP) is 1.24. The molecule has 1 aliphatic rings. The minimum absolute atomic E-state index is 0. The maximum absolute atomic E-state index is 12.3. The summed E-state index contributed by atoms with van der Waals surface area (Å²) in [5.41, 5.74) is 2.37. The van der Waals surface area contributed by atoms with Gasteiger partial charge in [-0.3, -0.25) is 9.69 Å². The molecule has 6 nitrogen and oxygen atoms in total. The molecule has 7 heteroatoms. The van der Waals surface area contributed by atoms with Gasteiger partial charge in [-0.25, -0.2) is 4.68 Å². The predicted molar refractivity (Wildman–Crippen MR) is 97.2 cm³/mol. The number of rotatable bonds is 5. The van der Waals surface area contributed by atoms with E-state index in [0.29, 0.717) is 12.2 Å². The average Bonchev–Trinajstić information content (AvgIpc) is 2.98. The van der Waals surface area contributed by atoms with Crippen LogP contribution in [0.1, 0.15) is 16.2 Å². The lowest BCUT2D eigenvalue weighted by atomic mass is 10.3. The molecular formula is C17H24ClN5O. The molecule has 0 radical (unpaired) electrons. The monoisotopic (exact) mass is 349 g/mol. The van der Waals surface area contributed by atoms with Crippen LogP contribution in [0.2, 0.25) is 0 Å². The first-order valence-electron chi connectivity index (χ1n) is 8.07. The van der Waals surface area contributed by atoms with Crippen molar-refractivity contribution in [1.82, 2.24) is 25.3 Å². The Labute approximate surface area is 148 Å². The topological polar surface area (TPSA) is 62.2 Å². The van der Waals surface area contributed by atoms with Gasteiger partial charge in [0.1, 0.15) is 0 Å². The van der Waals surface area contributed by atoms with Gasteiger partial charge in [-0.1, -0.05) is 18.2 Å². The molecule has 0 bridgehead atoms. The van der Waals surface area contributed by atoms with Crippen LogP contribution in [0.3, 0.4) is 0 Å². The van der Waals surface area contributed by atoms with Gasteiger partial charge < -0.3 is 10.6 Å². The summed E-state index contributed by atoms with van der Waals surface area (Å²) in [6.07, 6.45) is 0. The lowest BCUT2D eigenvalue weighted by Gasteiger charge is -2.26. The van der Waals surface area contributed by atoms with Crippen molar-refractivity contribution in [2.45, 2.75) is 6.92 Å². The molecule has 24 heavy (non-hydrogen) atoms. The van der Waals surface area contributed by atoms with E-state index >= 15 is 0 Å². The van der Waals surface area contributed by atoms with Gasteiger partial charge in [-0.15, -0.1) is 12.4 Å². The third kappa shape index (κ3) is 4.56. The van der Waals surface area contributed by atoms with Crippen LogP contribution in [-0.2, 0) is 0 Å². The molecule has 0 saturated carbocycles. The zero-order chi connectivity index (χ0) is 16.1. The molecule has 130 valence electrons. The zero-order valence-corrected chi connectivity index (χ0v) is 14.7. The Kier molecular flexibility index (Phi) is 6.78. The van der Waals surface area contributed by atoms with Crippen molar-refractivity contribution in [2.75, 3.05) is 39.3 Å². The van der Waals surface area contributed by atoms with E-state index in [-0.39, 0.29) is 18.3 Å². The second-order valence-corrected chi connectivity index (χ2v) is 5.77. The number of hydrogen-bond acceptors (Lipinski definition) is 4. The second-order valence-electron chi connectivity index (χ2n) is 5.77. The molecule has 2 aromatic rings. The minimum Gasteiger partial charge on any atom is -0.349 e. The standard InChI is InChI=1S/C17H23N5O.ClH/c1-14-13-16(20-22(14)15-5-3-2-4-6-15)17(23)19-9-12-21-10-7-18-8-11-21;/h2-6,13,18H,7-12H2,1H3,(H,19,23);1H. The van der Waals surface area contributed by atoms with Gasteiger partial charge in [0.15, 0.2) is 5.69 Å². The molecule has 2 heterocycles. The highest BCUT2D eigenvalue weighted by Crippen LogP contribution is 2.11. The number of carbonyl (C=O) groups excluding carboxylic acids is 1. The highest BCUT2D eigenvalue weighted by Gasteiger charge is 2.14. The SMILES string of the molecule is Cc1cc(C(=O)NCCN2CCNCC2)nn1-c1ccccc1.Cl. The fraction of sp³-hybridized carbons (Fsp3) is 0.412. The van der Waals surface area contributed by atoms with Gasteiger partial charge in [0.2, 0.25) is 0 Å². The van der Waals surface area contributed by atoms with Crippen LogP contribution in [0.15, 0.2) is 36.4 Å². The van der Waals surface area contributed by atoms with Gasteiger partial charge in [0.05, 0.1) is 5.69 Å². The van der Waals surface area contributed by atoms with Crippen molar-refractivity contribution < 1.29 is 4.79 Å². The van der Waals surface area contributed by atoms with Crippen molar-refractivity contribution in [3.05, 3.63) is 47.8 Å². The van der Waals surface area contributed by atoms with Crippen molar-refractivity contribution >= 4 is 18.3 Å². The van der Waals surface area contributed by atoms with Crippen LogP contribution >= 0.6 is 12.4 Å². The normalized spacial score (nSPS) is 14.9. The van der Waals surface area contributed by atoms with Gasteiger partial charge in [-0.2, -0.15) is 5.10 Å². The highest BCUT2D eigenvalue weighted by molar-refractivity contribution is 5.92. The number of benzene rings is 1. The fourth-order valence-electron chi connectivity index (χ4n) is 2.77. The molecule has 1 aliphatic heterocycles. The number of piperazine rings is 1. The van der Waals surface area contributed by atoms with Crippen molar-refractivity contribution in [3.63, 3.8) is 0 Å². The Bertz CT molecular complexity index is 652. The van der Waals surface area contributed by atoms with Crippen LogP contribution in [0.25, 0.3) is 5.69 Å². The Morgan fingerprint density at radius 2 is 1.96 bits per heavy atom. The molecule has 1 aromatic heterocycles. The number of amides is 1. The lowest BCUT2D eigenvalue weighted by Crippen LogP contribution is -2.46. The average molecular weight is 350 g/mol. The molecule has 2 N–H and O–H groups in total. The van der Waals surface area contributed by atoms with E-state index in [2.05, 4.69) is 20.6 Å². The summed E-state index contributed by atoms with van der Waals surface area (Å²) in [6.45, 7) is 7.61. The Hall–Kier alpha value is -1.89. The largest absolute Gasteiger partial charge is 0.349 e. The number of nitrogens with zero attached hydrogens (tertiary/aromatic N) is 3. The van der Waals surface area contributed by atoms with Gasteiger partial charge in [0.25, 0.3) is 5.91 Å². The van der Waals surface area contributed by atoms with E-state index in [1.807, 2.05) is 43.3 Å². The first-order chi connectivity index (χ1) is 11.2. The van der Waals surface area contributed by atoms with E-state index in [1.54, 1.807) is 4.68 Å². The maximum atomic E-state index is 12.3. The molecule has 0 unspecified atom stereocenters. The summed E-state index contributed by atoms with van der Waals surface area (Å²) in [6, 6.07) is 11.7. The molecule has 1 fully saturated rings. The Morgan fingerprint density at radius 1 is 1.25 bits per heavy atom. The quantitative estimate of drug-likeness (QED) is 0.852. The lowest BCUT2D eigenvalue weighted by molar-refractivity contribution is 0.0942. The zero-order valence-electron chi connectivity index (χ0n) is 13.9. The molecule has 3 rings (SSSR count). The van der Waals surface area contributed by atoms with Crippen LogP contribution in [0.4, 0.5) is 0 Å². The van der Waals surface area contributed by atoms with Crippen LogP contribution < -0.4 is 10.6 Å². The van der Waals surface area contributed by atoms with Crippen molar-refractivity contribution in [2.24, 2.45) is 0 Å². The van der Waals surface area contributed by atoms with Gasteiger partial charge in [0, 0.05) is 45.0 Å². The maximum Gasteiger partial charge on any atom is 0.271 e. The summed E-state index contributed by atoms with van der Waals surface area (Å²) in [7, 11) is 0. The van der Waals surface area contributed by atoms with E-state index in [9.17, 15) is 4.79 Å². The first kappa shape index (κ1) is 18.4. The summed E-state index contributed by atoms with van der Waals surface area (Å²) < 4.78 is 1.80. The van der Waals surface area contributed by atoms with E-state index in [1.165, 1.54) is 0 Å². The third-order valence-corrected chi connectivity index (χ3v) is 4.04.